The van der Waals surface area contributed by atoms with Crippen LogP contribution in [-0.2, 0) is 10.0 Å². The van der Waals surface area contributed by atoms with Crippen molar-refractivity contribution < 1.29 is 8.42 Å². The van der Waals surface area contributed by atoms with E-state index in [0.29, 0.717) is 16.7 Å². The van der Waals surface area contributed by atoms with Crippen molar-refractivity contribution in [3.63, 3.8) is 0 Å². The van der Waals surface area contributed by atoms with E-state index >= 15 is 0 Å². The zero-order valence-electron chi connectivity index (χ0n) is 16.9. The molecular formula is C24H26N2O2S. The van der Waals surface area contributed by atoms with Gasteiger partial charge in [0.15, 0.2) is 0 Å². The Hall–Kier alpha value is -2.53. The third-order valence-electron chi connectivity index (χ3n) is 6.45. The van der Waals surface area contributed by atoms with Crippen molar-refractivity contribution in [3.05, 3.63) is 77.1 Å². The molecule has 0 saturated heterocycles. The predicted molar refractivity (Wildman–Crippen MR) is 116 cm³/mol. The number of nitrogens with zero attached hydrogens (tertiary/aromatic N) is 1. The van der Waals surface area contributed by atoms with E-state index in [1.165, 1.54) is 16.5 Å². The maximum atomic E-state index is 13.3. The van der Waals surface area contributed by atoms with E-state index in [9.17, 15) is 8.42 Å². The van der Waals surface area contributed by atoms with Crippen molar-refractivity contribution in [2.45, 2.75) is 43.4 Å². The fourth-order valence-corrected chi connectivity index (χ4v) is 6.04. The van der Waals surface area contributed by atoms with Crippen LogP contribution in [0.15, 0.2) is 70.9 Å². The molecular weight excluding hydrogens is 380 g/mol. The number of benzene rings is 2. The molecule has 1 aromatic heterocycles. The second-order valence-electron chi connectivity index (χ2n) is 8.34. The zero-order valence-corrected chi connectivity index (χ0v) is 17.7. The number of rotatable bonds is 5. The van der Waals surface area contributed by atoms with E-state index in [4.69, 9.17) is 0 Å². The van der Waals surface area contributed by atoms with Gasteiger partial charge in [0, 0.05) is 35.8 Å². The molecule has 1 saturated carbocycles. The summed E-state index contributed by atoms with van der Waals surface area (Å²) >= 11 is 0. The lowest BCUT2D eigenvalue weighted by molar-refractivity contribution is 0.514. The standard InChI is InChI=1S/C24H26N2O2S/c1-16-7-11-18(12-8-16)29(27,28)26(2)23-14-13-20(24(23)17-9-10-17)21-15-25-22-6-4-3-5-19(21)22/h3-8,11-12,15,17,20,25H,9-10,13-14H2,1-2H3/t20-/m1/s1. The summed E-state index contributed by atoms with van der Waals surface area (Å²) < 4.78 is 28.2. The second-order valence-corrected chi connectivity index (χ2v) is 10.3. The molecule has 29 heavy (non-hydrogen) atoms. The summed E-state index contributed by atoms with van der Waals surface area (Å²) in [6.45, 7) is 1.97. The molecule has 0 aliphatic heterocycles. The quantitative estimate of drug-likeness (QED) is 0.622. The van der Waals surface area contributed by atoms with Crippen LogP contribution in [0.3, 0.4) is 0 Å². The molecule has 5 rings (SSSR count). The van der Waals surface area contributed by atoms with Gasteiger partial charge in [0.05, 0.1) is 4.90 Å². The van der Waals surface area contributed by atoms with Crippen molar-refractivity contribution in [2.75, 3.05) is 7.05 Å². The largest absolute Gasteiger partial charge is 0.361 e. The van der Waals surface area contributed by atoms with Crippen LogP contribution in [0.1, 0.15) is 42.7 Å². The van der Waals surface area contributed by atoms with Gasteiger partial charge in [-0.15, -0.1) is 0 Å². The highest BCUT2D eigenvalue weighted by atomic mass is 32.2. The first-order valence-electron chi connectivity index (χ1n) is 10.3. The van der Waals surface area contributed by atoms with Gasteiger partial charge >= 0.3 is 0 Å². The van der Waals surface area contributed by atoms with Crippen molar-refractivity contribution in [1.82, 2.24) is 9.29 Å². The number of aromatic amines is 1. The summed E-state index contributed by atoms with van der Waals surface area (Å²) in [5, 5.41) is 1.25. The van der Waals surface area contributed by atoms with E-state index in [1.807, 2.05) is 25.1 Å². The third kappa shape index (κ3) is 3.08. The molecule has 150 valence electrons. The predicted octanol–water partition coefficient (Wildman–Crippen LogP) is 5.34. The average Bonchev–Trinajstić information content (AvgIpc) is 3.32. The summed E-state index contributed by atoms with van der Waals surface area (Å²) in [6, 6.07) is 15.5. The Morgan fingerprint density at radius 3 is 2.45 bits per heavy atom. The number of fused-ring (bicyclic) bond motifs is 1. The molecule has 2 aromatic carbocycles. The number of H-pyrrole nitrogens is 1. The Bertz CT molecular complexity index is 1200. The minimum atomic E-state index is -3.54. The fraction of sp³-hybridized carbons (Fsp3) is 0.333. The third-order valence-corrected chi connectivity index (χ3v) is 8.26. The summed E-state index contributed by atoms with van der Waals surface area (Å²) in [6.07, 6.45) is 6.22. The van der Waals surface area contributed by atoms with Crippen LogP contribution in [0.25, 0.3) is 10.9 Å². The minimum absolute atomic E-state index is 0.296. The number of allylic oxidation sites excluding steroid dienone is 2. The zero-order chi connectivity index (χ0) is 20.2. The first kappa shape index (κ1) is 18.5. The Morgan fingerprint density at radius 1 is 1.00 bits per heavy atom. The molecule has 0 unspecified atom stereocenters. The molecule has 1 heterocycles. The molecule has 2 aliphatic rings. The molecule has 1 atom stereocenters. The topological polar surface area (TPSA) is 53.2 Å². The van der Waals surface area contributed by atoms with E-state index in [0.717, 1.165) is 42.5 Å². The highest BCUT2D eigenvalue weighted by molar-refractivity contribution is 7.89. The first-order chi connectivity index (χ1) is 14.0. The molecule has 1 N–H and O–H groups in total. The van der Waals surface area contributed by atoms with Crippen molar-refractivity contribution in [2.24, 2.45) is 5.92 Å². The maximum absolute atomic E-state index is 13.3. The number of aromatic nitrogens is 1. The van der Waals surface area contributed by atoms with Crippen LogP contribution in [0.4, 0.5) is 0 Å². The van der Waals surface area contributed by atoms with Gasteiger partial charge in [0.1, 0.15) is 0 Å². The van der Waals surface area contributed by atoms with Crippen LogP contribution in [0.5, 0.6) is 0 Å². The van der Waals surface area contributed by atoms with E-state index in [2.05, 4.69) is 29.4 Å². The van der Waals surface area contributed by atoms with Gasteiger partial charge in [-0.3, -0.25) is 4.31 Å². The van der Waals surface area contributed by atoms with Gasteiger partial charge in [0.25, 0.3) is 10.0 Å². The van der Waals surface area contributed by atoms with Crippen molar-refractivity contribution in [3.8, 4) is 0 Å². The van der Waals surface area contributed by atoms with E-state index in [1.54, 1.807) is 23.5 Å². The maximum Gasteiger partial charge on any atom is 0.263 e. The molecule has 3 aromatic rings. The van der Waals surface area contributed by atoms with Crippen LogP contribution >= 0.6 is 0 Å². The number of hydrogen-bond donors (Lipinski definition) is 1. The van der Waals surface area contributed by atoms with Crippen LogP contribution in [-0.4, -0.2) is 24.8 Å². The highest BCUT2D eigenvalue weighted by Crippen LogP contribution is 2.53. The van der Waals surface area contributed by atoms with Gasteiger partial charge in [0.2, 0.25) is 0 Å². The molecule has 4 nitrogen and oxygen atoms in total. The van der Waals surface area contributed by atoms with Crippen LogP contribution in [0, 0.1) is 12.8 Å². The molecule has 0 amide bonds. The monoisotopic (exact) mass is 406 g/mol. The Balaban J connectivity index is 1.57. The molecule has 5 heteroatoms. The lowest BCUT2D eigenvalue weighted by Crippen LogP contribution is -2.26. The molecule has 1 fully saturated rings. The minimum Gasteiger partial charge on any atom is -0.361 e. The van der Waals surface area contributed by atoms with E-state index < -0.39 is 10.0 Å². The Labute approximate surface area is 172 Å². The number of hydrogen-bond acceptors (Lipinski definition) is 2. The summed E-state index contributed by atoms with van der Waals surface area (Å²) in [5.74, 6) is 0.811. The lowest BCUT2D eigenvalue weighted by atomic mass is 9.89. The van der Waals surface area contributed by atoms with Gasteiger partial charge in [-0.25, -0.2) is 8.42 Å². The first-order valence-corrected chi connectivity index (χ1v) is 11.8. The summed E-state index contributed by atoms with van der Waals surface area (Å²) in [4.78, 5) is 3.76. The second kappa shape index (κ2) is 6.77. The van der Waals surface area contributed by atoms with Gasteiger partial charge in [-0.05, 0) is 67.9 Å². The summed E-state index contributed by atoms with van der Waals surface area (Å²) in [5.41, 5.74) is 5.85. The smallest absolute Gasteiger partial charge is 0.263 e. The molecule has 0 bridgehead atoms. The normalized spacial score (nSPS) is 19.9. The number of sulfonamides is 1. The number of para-hydroxylation sites is 1. The SMILES string of the molecule is Cc1ccc(S(=O)(=O)N(C)C2=C(C3CC3)[C@@H](c3c[nH]c4ccccc34)CC2)cc1. The van der Waals surface area contributed by atoms with Crippen LogP contribution in [0.2, 0.25) is 0 Å². The molecule has 2 aliphatic carbocycles. The highest BCUT2D eigenvalue weighted by Gasteiger charge is 2.41. The van der Waals surface area contributed by atoms with E-state index in [-0.39, 0.29) is 0 Å². The molecule has 0 spiro atoms. The van der Waals surface area contributed by atoms with Crippen LogP contribution < -0.4 is 0 Å². The Morgan fingerprint density at radius 2 is 1.72 bits per heavy atom. The lowest BCUT2D eigenvalue weighted by Gasteiger charge is -2.23. The van der Waals surface area contributed by atoms with Crippen molar-refractivity contribution >= 4 is 20.9 Å². The number of aryl methyl sites for hydroxylation is 1. The van der Waals surface area contributed by atoms with Gasteiger partial charge < -0.3 is 4.98 Å². The van der Waals surface area contributed by atoms with Crippen molar-refractivity contribution in [1.29, 1.82) is 0 Å². The average molecular weight is 407 g/mol. The van der Waals surface area contributed by atoms with Gasteiger partial charge in [-0.2, -0.15) is 0 Å². The van der Waals surface area contributed by atoms with Gasteiger partial charge in [-0.1, -0.05) is 35.9 Å². The molecule has 0 radical (unpaired) electrons. The number of nitrogens with one attached hydrogen (secondary N) is 1. The fourth-order valence-electron chi connectivity index (χ4n) is 4.75. The summed E-state index contributed by atoms with van der Waals surface area (Å²) in [7, 11) is -1.82. The Kier molecular flexibility index (Phi) is 4.32.